The zero-order valence-electron chi connectivity index (χ0n) is 15.3. The maximum atomic E-state index is 12.3. The van der Waals surface area contributed by atoms with Gasteiger partial charge in [-0.2, -0.15) is 21.6 Å². The molecule has 0 saturated carbocycles. The van der Waals surface area contributed by atoms with Gasteiger partial charge in [0.15, 0.2) is 0 Å². The summed E-state index contributed by atoms with van der Waals surface area (Å²) in [5.41, 5.74) is -5.33. The van der Waals surface area contributed by atoms with Gasteiger partial charge in [-0.05, 0) is 19.1 Å². The van der Waals surface area contributed by atoms with Crippen molar-refractivity contribution in [1.29, 1.82) is 0 Å². The highest BCUT2D eigenvalue weighted by Crippen LogP contribution is 2.29. The van der Waals surface area contributed by atoms with E-state index in [2.05, 4.69) is 10.8 Å². The van der Waals surface area contributed by atoms with E-state index in [1.165, 1.54) is 58.0 Å². The Morgan fingerprint density at radius 2 is 1.17 bits per heavy atom. The van der Waals surface area contributed by atoms with Crippen LogP contribution in [-0.4, -0.2) is 22.2 Å². The van der Waals surface area contributed by atoms with Crippen LogP contribution >= 0.6 is 0 Å². The summed E-state index contributed by atoms with van der Waals surface area (Å²) in [7, 11) is -8.31. The van der Waals surface area contributed by atoms with E-state index in [1.54, 1.807) is 0 Å². The van der Waals surface area contributed by atoms with Crippen LogP contribution < -0.4 is 0 Å². The van der Waals surface area contributed by atoms with E-state index in [0.717, 1.165) is 25.7 Å². The monoisotopic (exact) mass is 390 g/mol. The van der Waals surface area contributed by atoms with Gasteiger partial charge in [0.1, 0.15) is 0 Å². The minimum absolute atomic E-state index is 0.430. The fourth-order valence-corrected chi connectivity index (χ4v) is 6.79. The first-order chi connectivity index (χ1) is 11.0. The molecule has 8 heteroatoms. The van der Waals surface area contributed by atoms with E-state index in [4.69, 9.17) is 0 Å². The predicted octanol–water partition coefficient (Wildman–Crippen LogP) is 6.37. The van der Waals surface area contributed by atoms with Crippen molar-refractivity contribution in [1.82, 2.24) is 0 Å². The Hall–Kier alpha value is -0.0831. The first-order valence-electron chi connectivity index (χ1n) is 9.04. The zero-order chi connectivity index (χ0) is 18.7. The van der Waals surface area contributed by atoms with E-state index in [0.29, 0.717) is 6.04 Å². The maximum absolute atomic E-state index is 12.3. The summed E-state index contributed by atoms with van der Waals surface area (Å²) in [5, 5.41) is 0. The van der Waals surface area contributed by atoms with Crippen LogP contribution in [0.5, 0.6) is 0 Å². The fraction of sp³-hybridized carbons (Fsp3) is 1.00. The minimum Gasteiger partial charge on any atom is -0.308 e. The molecule has 24 heavy (non-hydrogen) atoms. The summed E-state index contributed by atoms with van der Waals surface area (Å²) < 4.78 is 63.6. The molecule has 0 aliphatic rings. The van der Waals surface area contributed by atoms with E-state index in [1.807, 2.05) is 0 Å². The van der Waals surface area contributed by atoms with Gasteiger partial charge in [-0.3, -0.25) is 0 Å². The van der Waals surface area contributed by atoms with Gasteiger partial charge in [0.2, 0.25) is 8.32 Å². The molecule has 0 radical (unpaired) electrons. The predicted molar refractivity (Wildman–Crippen MR) is 94.8 cm³/mol. The lowest BCUT2D eigenvalue weighted by atomic mass is 10.1. The molecule has 0 bridgehead atoms. The van der Waals surface area contributed by atoms with Gasteiger partial charge in [-0.25, -0.2) is 0 Å². The third kappa shape index (κ3) is 11.5. The second-order valence-electron chi connectivity index (χ2n) is 7.03. The number of halogens is 3. The lowest BCUT2D eigenvalue weighted by Gasteiger charge is -2.22. The number of rotatable bonds is 14. The van der Waals surface area contributed by atoms with E-state index in [-0.39, 0.29) is 0 Å². The Labute approximate surface area is 146 Å². The van der Waals surface area contributed by atoms with Crippen LogP contribution in [0.3, 0.4) is 0 Å². The van der Waals surface area contributed by atoms with Crippen LogP contribution in [0, 0.1) is 0 Å². The van der Waals surface area contributed by atoms with Gasteiger partial charge in [0.05, 0.1) is 0 Å². The second-order valence-corrected chi connectivity index (χ2v) is 13.1. The molecular weight excluding hydrogens is 357 g/mol. The number of hydrogen-bond donors (Lipinski definition) is 0. The zero-order valence-corrected chi connectivity index (χ0v) is 17.1. The summed E-state index contributed by atoms with van der Waals surface area (Å²) in [6.07, 6.45) is 12.7. The lowest BCUT2D eigenvalue weighted by Crippen LogP contribution is -2.38. The van der Waals surface area contributed by atoms with Gasteiger partial charge in [-0.1, -0.05) is 77.6 Å². The van der Waals surface area contributed by atoms with Crippen LogP contribution in [0.15, 0.2) is 0 Å². The van der Waals surface area contributed by atoms with Gasteiger partial charge >= 0.3 is 15.6 Å². The van der Waals surface area contributed by atoms with Crippen molar-refractivity contribution in [3.05, 3.63) is 0 Å². The van der Waals surface area contributed by atoms with Crippen LogP contribution in [0.2, 0.25) is 19.1 Å². The Morgan fingerprint density at radius 3 is 1.54 bits per heavy atom. The molecule has 0 aromatic carbocycles. The molecular formula is C16H33F3O3SSi. The first kappa shape index (κ1) is 23.9. The summed E-state index contributed by atoms with van der Waals surface area (Å²) in [5.74, 6) is 0. The quantitative estimate of drug-likeness (QED) is 0.197. The maximum Gasteiger partial charge on any atom is 0.522 e. The molecule has 0 atom stereocenters. The summed E-state index contributed by atoms with van der Waals surface area (Å²) >= 11 is 0. The molecule has 0 aromatic rings. The number of alkyl halides is 3. The summed E-state index contributed by atoms with van der Waals surface area (Å²) in [4.78, 5) is 0. The molecule has 0 rings (SSSR count). The molecule has 0 fully saturated rings. The SMILES string of the molecule is CCCCCCCCCCCCC[Si](C)(C)OS(=O)(=O)C(F)(F)F. The first-order valence-corrected chi connectivity index (χ1v) is 13.6. The van der Waals surface area contributed by atoms with Crippen LogP contribution in [-0.2, 0) is 14.0 Å². The highest BCUT2D eigenvalue weighted by atomic mass is 32.2. The standard InChI is InChI=1S/C16H33F3O3SSi/c1-4-5-6-7-8-9-10-11-12-13-14-15-24(2,3)22-23(20,21)16(17,18)19/h4-15H2,1-3H3. The fourth-order valence-electron chi connectivity index (χ4n) is 2.60. The van der Waals surface area contributed by atoms with Gasteiger partial charge in [-0.15, -0.1) is 0 Å². The van der Waals surface area contributed by atoms with E-state index < -0.39 is 23.9 Å². The molecule has 0 aromatic heterocycles. The minimum atomic E-state index is -5.46. The van der Waals surface area contributed by atoms with Crippen LogP contribution in [0.1, 0.15) is 77.6 Å². The molecule has 0 heterocycles. The van der Waals surface area contributed by atoms with Crippen LogP contribution in [0.25, 0.3) is 0 Å². The van der Waals surface area contributed by atoms with Gasteiger partial charge < -0.3 is 3.87 Å². The number of unbranched alkanes of at least 4 members (excludes halogenated alkanes) is 10. The third-order valence-corrected chi connectivity index (χ3v) is 8.81. The smallest absolute Gasteiger partial charge is 0.308 e. The third-order valence-electron chi connectivity index (χ3n) is 4.00. The molecule has 0 saturated heterocycles. The van der Waals surface area contributed by atoms with Crippen molar-refractivity contribution in [2.24, 2.45) is 0 Å². The van der Waals surface area contributed by atoms with Gasteiger partial charge in [0.25, 0.3) is 0 Å². The Kier molecular flexibility index (Phi) is 11.5. The Morgan fingerprint density at radius 1 is 0.792 bits per heavy atom. The van der Waals surface area contributed by atoms with Crippen molar-refractivity contribution in [3.8, 4) is 0 Å². The summed E-state index contributed by atoms with van der Waals surface area (Å²) in [6.45, 7) is 5.24. The molecule has 0 amide bonds. The van der Waals surface area contributed by atoms with Crippen molar-refractivity contribution < 1.29 is 25.5 Å². The molecule has 0 aliphatic heterocycles. The molecule has 0 aliphatic carbocycles. The average molecular weight is 391 g/mol. The Balaban J connectivity index is 3.73. The Bertz CT molecular complexity index is 423. The molecule has 0 spiro atoms. The largest absolute Gasteiger partial charge is 0.522 e. The van der Waals surface area contributed by atoms with Crippen molar-refractivity contribution >= 4 is 18.4 Å². The van der Waals surface area contributed by atoms with Crippen LogP contribution in [0.4, 0.5) is 13.2 Å². The topological polar surface area (TPSA) is 43.4 Å². The second kappa shape index (κ2) is 11.5. The normalized spacial score (nSPS) is 13.4. The van der Waals surface area contributed by atoms with Crippen molar-refractivity contribution in [3.63, 3.8) is 0 Å². The molecule has 0 N–H and O–H groups in total. The lowest BCUT2D eigenvalue weighted by molar-refractivity contribution is -0.0503. The molecule has 0 unspecified atom stereocenters. The van der Waals surface area contributed by atoms with Crippen molar-refractivity contribution in [2.75, 3.05) is 0 Å². The highest BCUT2D eigenvalue weighted by Gasteiger charge is 2.50. The van der Waals surface area contributed by atoms with Crippen molar-refractivity contribution in [2.45, 2.75) is 102 Å². The molecule has 3 nitrogen and oxygen atoms in total. The molecule has 146 valence electrons. The highest BCUT2D eigenvalue weighted by molar-refractivity contribution is 7.88. The number of hydrogen-bond acceptors (Lipinski definition) is 3. The van der Waals surface area contributed by atoms with E-state index in [9.17, 15) is 21.6 Å². The van der Waals surface area contributed by atoms with E-state index >= 15 is 0 Å². The summed E-state index contributed by atoms with van der Waals surface area (Å²) in [6, 6.07) is 0.430. The average Bonchev–Trinajstić information content (AvgIpc) is 2.42. The van der Waals surface area contributed by atoms with Gasteiger partial charge in [0, 0.05) is 0 Å².